The van der Waals surface area contributed by atoms with Crippen molar-refractivity contribution in [3.8, 4) is 23.0 Å². The lowest BCUT2D eigenvalue weighted by molar-refractivity contribution is -0.146. The maximum Gasteiger partial charge on any atom is 0.345 e. The van der Waals surface area contributed by atoms with Crippen LogP contribution in [0.2, 0.25) is 5.02 Å². The Morgan fingerprint density at radius 3 is 2.22 bits per heavy atom. The molecule has 0 heterocycles. The molecule has 3 aromatic rings. The molecule has 6 nitrogen and oxygen atoms in total. The van der Waals surface area contributed by atoms with Gasteiger partial charge >= 0.3 is 5.97 Å². The summed E-state index contributed by atoms with van der Waals surface area (Å²) < 4.78 is 23.0. The molecule has 0 amide bonds. The quantitative estimate of drug-likeness (QED) is 0.293. The standard InChI is InChI=1S/C25H27ClO6/c1-4-13-30-23-20(27)18-12-11-17(26)15-19(18)22(24(23)31-14-5-2)32-25(28)21(29-3)16-9-7-6-8-10-16/h6-12,15,21,27H,4-5,13-14H2,1-3H3. The molecule has 0 saturated heterocycles. The van der Waals surface area contributed by atoms with Gasteiger partial charge in [0.1, 0.15) is 0 Å². The molecule has 3 aromatic carbocycles. The van der Waals surface area contributed by atoms with Gasteiger partial charge in [0, 0.05) is 22.9 Å². The number of hydrogen-bond donors (Lipinski definition) is 1. The molecule has 0 saturated carbocycles. The van der Waals surface area contributed by atoms with Crippen molar-refractivity contribution < 1.29 is 28.8 Å². The summed E-state index contributed by atoms with van der Waals surface area (Å²) in [6.45, 7) is 4.60. The van der Waals surface area contributed by atoms with Gasteiger partial charge in [-0.25, -0.2) is 4.79 Å². The van der Waals surface area contributed by atoms with Crippen LogP contribution in [0.3, 0.4) is 0 Å². The van der Waals surface area contributed by atoms with E-state index in [-0.39, 0.29) is 23.0 Å². The number of carbonyl (C=O) groups is 1. The van der Waals surface area contributed by atoms with Gasteiger partial charge in [-0.2, -0.15) is 0 Å². The van der Waals surface area contributed by atoms with Crippen molar-refractivity contribution in [2.24, 2.45) is 0 Å². The summed E-state index contributed by atoms with van der Waals surface area (Å²) in [6, 6.07) is 14.0. The number of phenolic OH excluding ortho intramolecular Hbond substituents is 1. The molecule has 0 aliphatic rings. The molecule has 0 spiro atoms. The summed E-state index contributed by atoms with van der Waals surface area (Å²) in [5.41, 5.74) is 0.652. The first-order chi connectivity index (χ1) is 15.5. The maximum absolute atomic E-state index is 13.2. The minimum Gasteiger partial charge on any atom is -0.504 e. The van der Waals surface area contributed by atoms with E-state index in [0.717, 1.165) is 6.42 Å². The van der Waals surface area contributed by atoms with Crippen molar-refractivity contribution in [2.45, 2.75) is 32.8 Å². The Hall–Kier alpha value is -2.96. The summed E-state index contributed by atoms with van der Waals surface area (Å²) in [6.07, 6.45) is 0.484. The fourth-order valence-corrected chi connectivity index (χ4v) is 3.46. The first-order valence-electron chi connectivity index (χ1n) is 10.5. The van der Waals surface area contributed by atoms with E-state index in [2.05, 4.69) is 0 Å². The van der Waals surface area contributed by atoms with Gasteiger partial charge in [0.15, 0.2) is 17.6 Å². The first-order valence-corrected chi connectivity index (χ1v) is 10.9. The highest BCUT2D eigenvalue weighted by Gasteiger charge is 2.29. The van der Waals surface area contributed by atoms with Crippen molar-refractivity contribution in [1.29, 1.82) is 0 Å². The van der Waals surface area contributed by atoms with Gasteiger partial charge in [0.2, 0.25) is 11.5 Å². The third-order valence-corrected chi connectivity index (χ3v) is 5.00. The molecule has 1 atom stereocenters. The minimum absolute atomic E-state index is 0.0950. The normalized spacial score (nSPS) is 11.9. The molecule has 0 bridgehead atoms. The number of methoxy groups -OCH3 is 1. The molecule has 7 heteroatoms. The van der Waals surface area contributed by atoms with Crippen LogP contribution in [-0.4, -0.2) is 31.4 Å². The smallest absolute Gasteiger partial charge is 0.345 e. The van der Waals surface area contributed by atoms with Gasteiger partial charge in [-0.15, -0.1) is 0 Å². The summed E-state index contributed by atoms with van der Waals surface area (Å²) in [7, 11) is 1.44. The Bertz CT molecular complexity index is 1070. The Balaban J connectivity index is 2.16. The SMILES string of the molecule is CCCOc1c(OCCC)c(OC(=O)C(OC)c2ccccc2)c2cc(Cl)ccc2c1O. The van der Waals surface area contributed by atoms with Gasteiger partial charge in [0.05, 0.1) is 13.2 Å². The van der Waals surface area contributed by atoms with Crippen molar-refractivity contribution in [1.82, 2.24) is 0 Å². The number of halogens is 1. The lowest BCUT2D eigenvalue weighted by Gasteiger charge is -2.21. The number of aromatic hydroxyl groups is 1. The Morgan fingerprint density at radius 1 is 0.938 bits per heavy atom. The van der Waals surface area contributed by atoms with Gasteiger partial charge < -0.3 is 24.1 Å². The highest BCUT2D eigenvalue weighted by molar-refractivity contribution is 6.31. The number of esters is 1. The molecular formula is C25H27ClO6. The van der Waals surface area contributed by atoms with Crippen LogP contribution in [0.15, 0.2) is 48.5 Å². The zero-order valence-corrected chi connectivity index (χ0v) is 19.1. The van der Waals surface area contributed by atoms with Gasteiger partial charge in [-0.1, -0.05) is 55.8 Å². The number of ether oxygens (including phenoxy) is 4. The number of rotatable bonds is 10. The monoisotopic (exact) mass is 458 g/mol. The van der Waals surface area contributed by atoms with Crippen LogP contribution in [0.25, 0.3) is 10.8 Å². The van der Waals surface area contributed by atoms with Crippen LogP contribution in [0.1, 0.15) is 38.4 Å². The van der Waals surface area contributed by atoms with E-state index in [1.54, 1.807) is 30.3 Å². The molecule has 1 unspecified atom stereocenters. The van der Waals surface area contributed by atoms with Crippen LogP contribution in [-0.2, 0) is 9.53 Å². The average molecular weight is 459 g/mol. The molecule has 3 rings (SSSR count). The Morgan fingerprint density at radius 2 is 1.59 bits per heavy atom. The second-order valence-electron chi connectivity index (χ2n) is 7.17. The van der Waals surface area contributed by atoms with Crippen molar-refractivity contribution >= 4 is 28.3 Å². The fraction of sp³-hybridized carbons (Fsp3) is 0.320. The predicted molar refractivity (Wildman–Crippen MR) is 124 cm³/mol. The van der Waals surface area contributed by atoms with Gasteiger partial charge in [-0.3, -0.25) is 0 Å². The third-order valence-electron chi connectivity index (χ3n) is 4.76. The third kappa shape index (κ3) is 5.09. The molecule has 0 aromatic heterocycles. The molecule has 32 heavy (non-hydrogen) atoms. The lowest BCUT2D eigenvalue weighted by atomic mass is 10.1. The largest absolute Gasteiger partial charge is 0.504 e. The highest BCUT2D eigenvalue weighted by atomic mass is 35.5. The zero-order valence-electron chi connectivity index (χ0n) is 18.4. The predicted octanol–water partition coefficient (Wildman–Crippen LogP) is 6.07. The van der Waals surface area contributed by atoms with Gasteiger partial charge in [-0.05, 0) is 36.6 Å². The second kappa shape index (κ2) is 11.1. The molecule has 0 fully saturated rings. The fourth-order valence-electron chi connectivity index (χ4n) is 3.29. The average Bonchev–Trinajstić information content (AvgIpc) is 2.80. The molecule has 0 aliphatic heterocycles. The minimum atomic E-state index is -0.946. The van der Waals surface area contributed by atoms with E-state index in [1.165, 1.54) is 7.11 Å². The molecule has 170 valence electrons. The number of benzene rings is 3. The number of phenols is 1. The number of carbonyl (C=O) groups excluding carboxylic acids is 1. The maximum atomic E-state index is 13.2. The van der Waals surface area contributed by atoms with E-state index in [9.17, 15) is 9.90 Å². The second-order valence-corrected chi connectivity index (χ2v) is 7.61. The van der Waals surface area contributed by atoms with Crippen LogP contribution in [0.5, 0.6) is 23.0 Å². The molecule has 0 aliphatic carbocycles. The summed E-state index contributed by atoms with van der Waals surface area (Å²) in [5, 5.41) is 12.2. The molecule has 1 N–H and O–H groups in total. The first kappa shape index (κ1) is 23.7. The van der Waals surface area contributed by atoms with Gasteiger partial charge in [0.25, 0.3) is 0 Å². The summed E-state index contributed by atoms with van der Waals surface area (Å²) >= 11 is 6.23. The number of hydrogen-bond acceptors (Lipinski definition) is 6. The van der Waals surface area contributed by atoms with Crippen LogP contribution in [0, 0.1) is 0 Å². The molecular weight excluding hydrogens is 432 g/mol. The van der Waals surface area contributed by atoms with Crippen molar-refractivity contribution in [2.75, 3.05) is 20.3 Å². The van der Waals surface area contributed by atoms with E-state index in [1.807, 2.05) is 32.0 Å². The van der Waals surface area contributed by atoms with Crippen molar-refractivity contribution in [3.05, 3.63) is 59.1 Å². The zero-order chi connectivity index (χ0) is 23.1. The van der Waals surface area contributed by atoms with Crippen LogP contribution >= 0.6 is 11.6 Å². The van der Waals surface area contributed by atoms with E-state index in [4.69, 9.17) is 30.5 Å². The lowest BCUT2D eigenvalue weighted by Crippen LogP contribution is -2.21. The van der Waals surface area contributed by atoms with E-state index < -0.39 is 12.1 Å². The van der Waals surface area contributed by atoms with Crippen LogP contribution < -0.4 is 14.2 Å². The topological polar surface area (TPSA) is 74.2 Å². The highest BCUT2D eigenvalue weighted by Crippen LogP contribution is 2.51. The van der Waals surface area contributed by atoms with Crippen molar-refractivity contribution in [3.63, 3.8) is 0 Å². The molecule has 0 radical (unpaired) electrons. The number of fused-ring (bicyclic) bond motifs is 1. The Labute approximate surface area is 192 Å². The summed E-state index contributed by atoms with van der Waals surface area (Å²) in [5.74, 6) is -0.311. The van der Waals surface area contributed by atoms with E-state index >= 15 is 0 Å². The Kier molecular flexibility index (Phi) is 8.20. The summed E-state index contributed by atoms with van der Waals surface area (Å²) in [4.78, 5) is 13.2. The van der Waals surface area contributed by atoms with E-state index in [0.29, 0.717) is 41.0 Å². The van der Waals surface area contributed by atoms with Crippen LogP contribution in [0.4, 0.5) is 0 Å².